The molecule has 38 heavy (non-hydrogen) atoms. The van der Waals surface area contributed by atoms with Gasteiger partial charge in [0, 0.05) is 24.4 Å². The molecule has 3 atom stereocenters. The van der Waals surface area contributed by atoms with E-state index in [2.05, 4.69) is 15.2 Å². The summed E-state index contributed by atoms with van der Waals surface area (Å²) in [6.45, 7) is 1.09. The molecule has 2 aliphatic rings. The number of nitrogens with zero attached hydrogens (tertiary/aromatic N) is 4. The number of pyridine rings is 1. The van der Waals surface area contributed by atoms with Gasteiger partial charge >= 0.3 is 6.36 Å². The van der Waals surface area contributed by atoms with Gasteiger partial charge < -0.3 is 25.9 Å². The van der Waals surface area contributed by atoms with E-state index in [0.717, 1.165) is 29.1 Å². The summed E-state index contributed by atoms with van der Waals surface area (Å²) in [6.07, 6.45) is -3.06. The number of hydrogen-bond acceptors (Lipinski definition) is 6. The third-order valence-corrected chi connectivity index (χ3v) is 6.63. The number of hydrogen-bond donors (Lipinski definition) is 2. The van der Waals surface area contributed by atoms with E-state index >= 15 is 0 Å². The first kappa shape index (κ1) is 25.2. The zero-order valence-corrected chi connectivity index (χ0v) is 19.7. The van der Waals surface area contributed by atoms with Crippen LogP contribution in [-0.2, 0) is 16.1 Å². The summed E-state index contributed by atoms with van der Waals surface area (Å²) >= 11 is 0. The minimum atomic E-state index is -5.13. The molecule has 2 fully saturated rings. The lowest BCUT2D eigenvalue weighted by atomic mass is 10.1. The molecule has 1 aliphatic heterocycles. The van der Waals surface area contributed by atoms with Crippen molar-refractivity contribution in [1.29, 1.82) is 0 Å². The van der Waals surface area contributed by atoms with Crippen molar-refractivity contribution in [3.63, 3.8) is 0 Å². The highest BCUT2D eigenvalue weighted by Crippen LogP contribution is 2.48. The van der Waals surface area contributed by atoms with E-state index in [-0.39, 0.29) is 40.7 Å². The molecule has 3 amide bonds. The predicted octanol–water partition coefficient (Wildman–Crippen LogP) is 1.74. The van der Waals surface area contributed by atoms with Crippen LogP contribution in [0.15, 0.2) is 30.5 Å². The Morgan fingerprint density at radius 2 is 2.03 bits per heavy atom. The van der Waals surface area contributed by atoms with Gasteiger partial charge in [0.05, 0.1) is 5.69 Å². The van der Waals surface area contributed by atoms with E-state index in [1.165, 1.54) is 17.9 Å². The van der Waals surface area contributed by atoms with Crippen molar-refractivity contribution >= 4 is 34.3 Å². The molecule has 1 aliphatic carbocycles. The van der Waals surface area contributed by atoms with Crippen LogP contribution in [0.2, 0.25) is 0 Å². The average Bonchev–Trinajstić information content (AvgIpc) is 3.35. The minimum absolute atomic E-state index is 0.0291. The Morgan fingerprint density at radius 3 is 2.71 bits per heavy atom. The zero-order chi connectivity index (χ0) is 27.5. The van der Waals surface area contributed by atoms with Crippen molar-refractivity contribution < 1.29 is 41.4 Å². The van der Waals surface area contributed by atoms with Gasteiger partial charge in [-0.1, -0.05) is 6.07 Å². The Bertz CT molecular complexity index is 1490. The van der Waals surface area contributed by atoms with Crippen LogP contribution >= 0.6 is 0 Å². The number of nitrogens with two attached hydrogens (primary N) is 1. The van der Waals surface area contributed by atoms with Crippen LogP contribution in [-0.4, -0.2) is 50.8 Å². The number of likely N-dealkylation sites (tertiary alicyclic amines) is 1. The van der Waals surface area contributed by atoms with Gasteiger partial charge in [-0.25, -0.2) is 9.07 Å². The minimum Gasteiger partial charge on any atom is -0.618 e. The SMILES string of the molecule is Cc1cc2c(C(N)=O)nn(CC(=O)N3[C@@H]4C[C@@H]4C[C@H]3C(=O)Nc3cccc(OC(F)(F)F)c3F)c2c[n+]1[O-]. The molecule has 0 unspecified atom stereocenters. The molecule has 5 rings (SSSR count). The summed E-state index contributed by atoms with van der Waals surface area (Å²) in [5, 5.41) is 18.7. The lowest BCUT2D eigenvalue weighted by Gasteiger charge is -2.27. The zero-order valence-electron chi connectivity index (χ0n) is 19.7. The molecule has 2 aromatic heterocycles. The van der Waals surface area contributed by atoms with E-state index < -0.39 is 53.9 Å². The maximum atomic E-state index is 14.6. The number of primary amides is 1. The van der Waals surface area contributed by atoms with Gasteiger partial charge in [-0.05, 0) is 30.9 Å². The highest BCUT2D eigenvalue weighted by molar-refractivity contribution is 6.04. The van der Waals surface area contributed by atoms with Crippen molar-refractivity contribution in [1.82, 2.24) is 14.7 Å². The number of carbonyl (C=O) groups is 3. The average molecular weight is 536 g/mol. The number of anilines is 1. The topological polar surface area (TPSA) is 146 Å². The highest BCUT2D eigenvalue weighted by atomic mass is 19.4. The van der Waals surface area contributed by atoms with E-state index in [9.17, 15) is 37.2 Å². The molecular formula is C23H20F4N6O5. The van der Waals surface area contributed by atoms with Crippen LogP contribution in [0.3, 0.4) is 0 Å². The Balaban J connectivity index is 1.38. The van der Waals surface area contributed by atoms with Crippen LogP contribution in [0.25, 0.3) is 10.9 Å². The fourth-order valence-corrected chi connectivity index (χ4v) is 4.84. The number of benzene rings is 1. The number of rotatable bonds is 6. The molecule has 3 heterocycles. The molecule has 3 N–H and O–H groups in total. The van der Waals surface area contributed by atoms with Gasteiger partial charge in [0.1, 0.15) is 18.1 Å². The molecule has 0 radical (unpaired) electrons. The van der Waals surface area contributed by atoms with Gasteiger partial charge in [-0.2, -0.15) is 9.83 Å². The van der Waals surface area contributed by atoms with E-state index in [0.29, 0.717) is 11.2 Å². The maximum Gasteiger partial charge on any atom is 0.573 e. The first-order chi connectivity index (χ1) is 17.8. The second kappa shape index (κ2) is 8.85. The molecule has 15 heteroatoms. The van der Waals surface area contributed by atoms with Crippen molar-refractivity contribution in [3.05, 3.63) is 52.9 Å². The van der Waals surface area contributed by atoms with Gasteiger partial charge in [0.15, 0.2) is 23.0 Å². The first-order valence-electron chi connectivity index (χ1n) is 11.4. The number of amides is 3. The van der Waals surface area contributed by atoms with Crippen LogP contribution in [0.5, 0.6) is 5.75 Å². The number of ether oxygens (including phenoxy) is 1. The lowest BCUT2D eigenvalue weighted by molar-refractivity contribution is -0.610. The fraction of sp³-hybridized carbons (Fsp3) is 0.348. The van der Waals surface area contributed by atoms with Crippen LogP contribution in [0.4, 0.5) is 23.2 Å². The van der Waals surface area contributed by atoms with Crippen molar-refractivity contribution in [2.45, 2.75) is 44.8 Å². The number of nitrogens with one attached hydrogen (secondary N) is 1. The van der Waals surface area contributed by atoms with Gasteiger partial charge in [0.2, 0.25) is 18.0 Å². The molecule has 0 spiro atoms. The van der Waals surface area contributed by atoms with Crippen molar-refractivity contribution in [2.75, 3.05) is 5.32 Å². The molecule has 3 aromatic rings. The normalized spacial score (nSPS) is 20.3. The molecule has 1 saturated carbocycles. The number of halogens is 4. The van der Waals surface area contributed by atoms with Gasteiger partial charge in [-0.15, -0.1) is 13.2 Å². The second-order valence-corrected chi connectivity index (χ2v) is 9.18. The first-order valence-corrected chi connectivity index (χ1v) is 11.4. The number of aromatic nitrogens is 3. The summed E-state index contributed by atoms with van der Waals surface area (Å²) in [7, 11) is 0. The molecule has 200 valence electrons. The molecule has 0 bridgehead atoms. The number of piperidine rings is 1. The van der Waals surface area contributed by atoms with Crippen molar-refractivity contribution in [2.24, 2.45) is 11.7 Å². The Morgan fingerprint density at radius 1 is 1.29 bits per heavy atom. The monoisotopic (exact) mass is 536 g/mol. The third kappa shape index (κ3) is 4.54. The summed E-state index contributed by atoms with van der Waals surface area (Å²) in [4.78, 5) is 39.6. The fourth-order valence-electron chi connectivity index (χ4n) is 4.84. The summed E-state index contributed by atoms with van der Waals surface area (Å²) in [6, 6.07) is 3.05. The summed E-state index contributed by atoms with van der Waals surface area (Å²) in [5.41, 5.74) is 5.20. The van der Waals surface area contributed by atoms with Gasteiger partial charge in [0.25, 0.3) is 5.91 Å². The highest BCUT2D eigenvalue weighted by Gasteiger charge is 2.56. The lowest BCUT2D eigenvalue weighted by Crippen LogP contribution is -2.47. The summed E-state index contributed by atoms with van der Waals surface area (Å²) < 4.78 is 57.5. The standard InChI is InChI=1S/C23H20F4N6O5/c1-10-5-12-16(8-32(10)37)31(30-20(12)21(28)35)9-18(34)33-14-6-11(14)7-15(33)22(36)29-13-3-2-4-17(19(13)24)38-23(25,26)27/h2-5,8,11,14-15H,6-7,9H2,1H3,(H2,28,35)(H,29,36)/t11-,14-,15+/m1/s1. The smallest absolute Gasteiger partial charge is 0.573 e. The Labute approximate surface area is 211 Å². The molecular weight excluding hydrogens is 516 g/mol. The van der Waals surface area contributed by atoms with E-state index in [1.54, 1.807) is 0 Å². The number of alkyl halides is 3. The number of aryl methyl sites for hydroxylation is 1. The van der Waals surface area contributed by atoms with Crippen LogP contribution in [0.1, 0.15) is 29.0 Å². The number of carbonyl (C=O) groups excluding carboxylic acids is 3. The molecule has 1 saturated heterocycles. The van der Waals surface area contributed by atoms with E-state index in [1.807, 2.05) is 0 Å². The van der Waals surface area contributed by atoms with Crippen LogP contribution in [0, 0.1) is 23.9 Å². The largest absolute Gasteiger partial charge is 0.618 e. The summed E-state index contributed by atoms with van der Waals surface area (Å²) in [5.74, 6) is -4.69. The Kier molecular flexibility index (Phi) is 5.87. The quantitative estimate of drug-likeness (QED) is 0.279. The Hall–Kier alpha value is -4.43. The van der Waals surface area contributed by atoms with Gasteiger partial charge in [-0.3, -0.25) is 14.4 Å². The molecule has 1 aromatic carbocycles. The number of fused-ring (bicyclic) bond motifs is 2. The maximum absolute atomic E-state index is 14.6. The van der Waals surface area contributed by atoms with Crippen molar-refractivity contribution in [3.8, 4) is 5.75 Å². The third-order valence-electron chi connectivity index (χ3n) is 6.63. The molecule has 11 nitrogen and oxygen atoms in total. The van der Waals surface area contributed by atoms with E-state index in [4.69, 9.17) is 5.73 Å². The van der Waals surface area contributed by atoms with Crippen LogP contribution < -0.4 is 20.5 Å². The predicted molar refractivity (Wildman–Crippen MR) is 121 cm³/mol. The second-order valence-electron chi connectivity index (χ2n) is 9.18.